The lowest BCUT2D eigenvalue weighted by Crippen LogP contribution is -2.09. The Morgan fingerprint density at radius 1 is 1.06 bits per heavy atom. The van der Waals surface area contributed by atoms with Crippen molar-refractivity contribution in [3.05, 3.63) is 29.3 Å². The predicted molar refractivity (Wildman–Crippen MR) is 71.7 cm³/mol. The molecule has 17 heavy (non-hydrogen) atoms. The van der Waals surface area contributed by atoms with E-state index in [-0.39, 0.29) is 0 Å². The van der Waals surface area contributed by atoms with Gasteiger partial charge in [0.05, 0.1) is 6.61 Å². The molecule has 2 heteroatoms. The van der Waals surface area contributed by atoms with Gasteiger partial charge >= 0.3 is 0 Å². The second-order valence-electron chi connectivity index (χ2n) is 4.91. The topological polar surface area (TPSA) is 18.5 Å². The number of hydrogen-bond acceptors (Lipinski definition) is 2. The van der Waals surface area contributed by atoms with E-state index in [4.69, 9.17) is 9.47 Å². The van der Waals surface area contributed by atoms with E-state index in [1.807, 2.05) is 6.07 Å². The largest absolute Gasteiger partial charge is 0.491 e. The second-order valence-corrected chi connectivity index (χ2v) is 4.91. The molecule has 0 aliphatic rings. The molecule has 0 fully saturated rings. The van der Waals surface area contributed by atoms with E-state index in [9.17, 15) is 0 Å². The Morgan fingerprint density at radius 2 is 1.82 bits per heavy atom. The molecule has 0 aromatic heterocycles. The molecular weight excluding hydrogens is 212 g/mol. The van der Waals surface area contributed by atoms with Gasteiger partial charge in [0, 0.05) is 6.61 Å². The average Bonchev–Trinajstić information content (AvgIpc) is 2.25. The van der Waals surface area contributed by atoms with Crippen LogP contribution in [0.5, 0.6) is 5.75 Å². The maximum Gasteiger partial charge on any atom is 0.122 e. The molecule has 0 bridgehead atoms. The van der Waals surface area contributed by atoms with E-state index >= 15 is 0 Å². The van der Waals surface area contributed by atoms with Gasteiger partial charge in [0.1, 0.15) is 12.4 Å². The third-order valence-corrected chi connectivity index (χ3v) is 2.66. The standard InChI is InChI=1S/C15H24O2/c1-12(2)7-8-16-9-10-17-15-6-5-13(3)11-14(15)4/h5-6,11-12H,7-10H2,1-4H3. The molecule has 0 amide bonds. The Bertz CT molecular complexity index is 332. The van der Waals surface area contributed by atoms with E-state index in [0.717, 1.165) is 18.8 Å². The average molecular weight is 236 g/mol. The first-order valence-electron chi connectivity index (χ1n) is 6.37. The summed E-state index contributed by atoms with van der Waals surface area (Å²) in [7, 11) is 0. The van der Waals surface area contributed by atoms with Gasteiger partial charge in [0.25, 0.3) is 0 Å². The SMILES string of the molecule is Cc1ccc(OCCOCCC(C)C)c(C)c1. The molecule has 0 N–H and O–H groups in total. The van der Waals surface area contributed by atoms with Crippen LogP contribution in [0.4, 0.5) is 0 Å². The van der Waals surface area contributed by atoms with Crippen molar-refractivity contribution in [2.75, 3.05) is 19.8 Å². The van der Waals surface area contributed by atoms with Gasteiger partial charge in [0.15, 0.2) is 0 Å². The van der Waals surface area contributed by atoms with Crippen molar-refractivity contribution >= 4 is 0 Å². The van der Waals surface area contributed by atoms with Crippen molar-refractivity contribution in [1.29, 1.82) is 0 Å². The van der Waals surface area contributed by atoms with Crippen LogP contribution in [0.25, 0.3) is 0 Å². The number of rotatable bonds is 7. The van der Waals surface area contributed by atoms with Crippen molar-refractivity contribution in [2.24, 2.45) is 5.92 Å². The Morgan fingerprint density at radius 3 is 2.47 bits per heavy atom. The van der Waals surface area contributed by atoms with Crippen molar-refractivity contribution < 1.29 is 9.47 Å². The third-order valence-electron chi connectivity index (χ3n) is 2.66. The zero-order chi connectivity index (χ0) is 12.7. The van der Waals surface area contributed by atoms with Gasteiger partial charge in [-0.2, -0.15) is 0 Å². The molecule has 0 saturated heterocycles. The smallest absolute Gasteiger partial charge is 0.122 e. The summed E-state index contributed by atoms with van der Waals surface area (Å²) in [4.78, 5) is 0. The zero-order valence-corrected chi connectivity index (χ0v) is 11.5. The molecule has 1 aromatic rings. The molecule has 1 rings (SSSR count). The maximum atomic E-state index is 5.67. The van der Waals surface area contributed by atoms with Crippen LogP contribution in [0.3, 0.4) is 0 Å². The molecule has 2 nitrogen and oxygen atoms in total. The van der Waals surface area contributed by atoms with Crippen LogP contribution in [-0.4, -0.2) is 19.8 Å². The summed E-state index contributed by atoms with van der Waals surface area (Å²) >= 11 is 0. The fraction of sp³-hybridized carbons (Fsp3) is 0.600. The highest BCUT2D eigenvalue weighted by Gasteiger charge is 1.99. The van der Waals surface area contributed by atoms with E-state index in [2.05, 4.69) is 39.8 Å². The lowest BCUT2D eigenvalue weighted by atomic mass is 10.1. The summed E-state index contributed by atoms with van der Waals surface area (Å²) in [5, 5.41) is 0. The minimum absolute atomic E-state index is 0.627. The second kappa shape index (κ2) is 7.33. The van der Waals surface area contributed by atoms with Crippen LogP contribution in [0.2, 0.25) is 0 Å². The molecule has 0 unspecified atom stereocenters. The molecule has 0 saturated carbocycles. The first kappa shape index (κ1) is 14.0. The van der Waals surface area contributed by atoms with Crippen LogP contribution >= 0.6 is 0 Å². The maximum absolute atomic E-state index is 5.67. The minimum Gasteiger partial charge on any atom is -0.491 e. The lowest BCUT2D eigenvalue weighted by molar-refractivity contribution is 0.0924. The zero-order valence-electron chi connectivity index (χ0n) is 11.5. The van der Waals surface area contributed by atoms with Gasteiger partial charge in [-0.3, -0.25) is 0 Å². The summed E-state index contributed by atoms with van der Waals surface area (Å²) in [6.45, 7) is 10.7. The summed E-state index contributed by atoms with van der Waals surface area (Å²) < 4.78 is 11.2. The summed E-state index contributed by atoms with van der Waals surface area (Å²) in [6.07, 6.45) is 1.11. The van der Waals surface area contributed by atoms with E-state index in [0.29, 0.717) is 19.1 Å². The quantitative estimate of drug-likeness (QED) is 0.671. The van der Waals surface area contributed by atoms with Gasteiger partial charge in [0.2, 0.25) is 0 Å². The van der Waals surface area contributed by atoms with Crippen molar-refractivity contribution in [3.63, 3.8) is 0 Å². The van der Waals surface area contributed by atoms with Crippen LogP contribution in [0, 0.1) is 19.8 Å². The molecule has 96 valence electrons. The van der Waals surface area contributed by atoms with Gasteiger partial charge < -0.3 is 9.47 Å². The fourth-order valence-electron chi connectivity index (χ4n) is 1.59. The van der Waals surface area contributed by atoms with Crippen LogP contribution in [0.1, 0.15) is 31.4 Å². The first-order chi connectivity index (χ1) is 8.09. The van der Waals surface area contributed by atoms with E-state index in [1.54, 1.807) is 0 Å². The summed E-state index contributed by atoms with van der Waals surface area (Å²) in [6, 6.07) is 6.23. The van der Waals surface area contributed by atoms with Crippen molar-refractivity contribution in [1.82, 2.24) is 0 Å². The highest BCUT2D eigenvalue weighted by Crippen LogP contribution is 2.18. The molecular formula is C15H24O2. The van der Waals surface area contributed by atoms with Crippen LogP contribution in [-0.2, 0) is 4.74 Å². The van der Waals surface area contributed by atoms with Gasteiger partial charge in [-0.25, -0.2) is 0 Å². The summed E-state index contributed by atoms with van der Waals surface area (Å²) in [5.74, 6) is 1.67. The summed E-state index contributed by atoms with van der Waals surface area (Å²) in [5.41, 5.74) is 2.45. The van der Waals surface area contributed by atoms with Gasteiger partial charge in [-0.05, 0) is 37.8 Å². The highest BCUT2D eigenvalue weighted by atomic mass is 16.5. The van der Waals surface area contributed by atoms with E-state index < -0.39 is 0 Å². The Balaban J connectivity index is 2.18. The lowest BCUT2D eigenvalue weighted by Gasteiger charge is -2.10. The number of benzene rings is 1. The number of ether oxygens (including phenoxy) is 2. The van der Waals surface area contributed by atoms with Gasteiger partial charge in [-0.15, -0.1) is 0 Å². The van der Waals surface area contributed by atoms with Crippen LogP contribution in [0.15, 0.2) is 18.2 Å². The highest BCUT2D eigenvalue weighted by molar-refractivity contribution is 5.35. The molecule has 0 heterocycles. The molecule has 1 aromatic carbocycles. The Hall–Kier alpha value is -1.02. The van der Waals surface area contributed by atoms with Gasteiger partial charge in [-0.1, -0.05) is 31.5 Å². The van der Waals surface area contributed by atoms with Crippen molar-refractivity contribution in [2.45, 2.75) is 34.1 Å². The molecule has 0 spiro atoms. The Labute approximate surface area is 105 Å². The van der Waals surface area contributed by atoms with Crippen LogP contribution < -0.4 is 4.74 Å². The van der Waals surface area contributed by atoms with E-state index in [1.165, 1.54) is 11.1 Å². The number of hydrogen-bond donors (Lipinski definition) is 0. The fourth-order valence-corrected chi connectivity index (χ4v) is 1.59. The minimum atomic E-state index is 0.627. The van der Waals surface area contributed by atoms with Crippen molar-refractivity contribution in [3.8, 4) is 5.75 Å². The Kier molecular flexibility index (Phi) is 6.06. The number of aryl methyl sites for hydroxylation is 2. The third kappa shape index (κ3) is 5.73. The first-order valence-corrected chi connectivity index (χ1v) is 6.37. The monoisotopic (exact) mass is 236 g/mol. The molecule has 0 atom stereocenters. The molecule has 0 radical (unpaired) electrons. The molecule has 0 aliphatic carbocycles. The molecule has 0 aliphatic heterocycles. The normalized spacial score (nSPS) is 10.9. The predicted octanol–water partition coefficient (Wildman–Crippen LogP) is 3.74.